The number of sulfonamides is 1. The van der Waals surface area contributed by atoms with Crippen molar-refractivity contribution in [3.63, 3.8) is 0 Å². The first-order valence-electron chi connectivity index (χ1n) is 4.95. The highest BCUT2D eigenvalue weighted by molar-refractivity contribution is 7.89. The lowest BCUT2D eigenvalue weighted by Crippen LogP contribution is -2.20. The van der Waals surface area contributed by atoms with Gasteiger partial charge in [0.15, 0.2) is 0 Å². The van der Waals surface area contributed by atoms with Crippen LogP contribution in [-0.2, 0) is 24.3 Å². The van der Waals surface area contributed by atoms with E-state index in [1.54, 1.807) is 0 Å². The second-order valence-corrected chi connectivity index (χ2v) is 7.32. The second kappa shape index (κ2) is 5.73. The molecule has 10 heteroatoms. The molecule has 19 heavy (non-hydrogen) atoms. The molecule has 108 valence electrons. The van der Waals surface area contributed by atoms with Crippen LogP contribution in [0.15, 0.2) is 23.1 Å². The summed E-state index contributed by atoms with van der Waals surface area (Å²) in [5.41, 5.74) is 5.55. The fourth-order valence-electron chi connectivity index (χ4n) is 1.37. The summed E-state index contributed by atoms with van der Waals surface area (Å²) in [6.45, 7) is -0.194. The van der Waals surface area contributed by atoms with Crippen LogP contribution in [0, 0.1) is 0 Å². The number of benzene rings is 1. The summed E-state index contributed by atoms with van der Waals surface area (Å²) >= 11 is 5.88. The van der Waals surface area contributed by atoms with Crippen LogP contribution in [-0.4, -0.2) is 29.6 Å². The third kappa shape index (κ3) is 4.71. The van der Waals surface area contributed by atoms with Gasteiger partial charge in [0.2, 0.25) is 10.0 Å². The third-order valence-corrected chi connectivity index (χ3v) is 3.98. The summed E-state index contributed by atoms with van der Waals surface area (Å²) in [5, 5.41) is 5.11. The molecular weight excluding hydrogens is 316 g/mol. The van der Waals surface area contributed by atoms with Crippen molar-refractivity contribution in [2.45, 2.75) is 11.0 Å². The first-order chi connectivity index (χ1) is 8.54. The maximum atomic E-state index is 11.2. The standard InChI is InChI=1S/C9H13ClN2O5S2/c1-18(13,14)17-9(5-11)7-4-6(19(12,15)16)2-3-8(7)10/h2-4,9H,5,11H2,1H3,(H2,12,15,16). The number of primary sulfonamides is 1. The van der Waals surface area contributed by atoms with E-state index in [1.807, 2.05) is 0 Å². The fraction of sp³-hybridized carbons (Fsp3) is 0.333. The summed E-state index contributed by atoms with van der Waals surface area (Å²) in [6.07, 6.45) is -0.225. The average molecular weight is 329 g/mol. The van der Waals surface area contributed by atoms with Crippen molar-refractivity contribution in [3.05, 3.63) is 28.8 Å². The number of nitrogens with two attached hydrogens (primary N) is 2. The van der Waals surface area contributed by atoms with Crippen molar-refractivity contribution in [2.24, 2.45) is 10.9 Å². The molecule has 1 unspecified atom stereocenters. The Bertz CT molecular complexity index is 672. The van der Waals surface area contributed by atoms with Crippen molar-refractivity contribution in [1.29, 1.82) is 0 Å². The molecule has 0 saturated heterocycles. The number of hydrogen-bond acceptors (Lipinski definition) is 6. The smallest absolute Gasteiger partial charge is 0.265 e. The molecule has 0 aliphatic rings. The van der Waals surface area contributed by atoms with Crippen LogP contribution in [0.25, 0.3) is 0 Å². The summed E-state index contributed by atoms with van der Waals surface area (Å²) in [4.78, 5) is -0.206. The Kier molecular flexibility index (Phi) is 4.93. The highest BCUT2D eigenvalue weighted by atomic mass is 35.5. The lowest BCUT2D eigenvalue weighted by molar-refractivity contribution is 0.224. The van der Waals surface area contributed by atoms with Gasteiger partial charge in [-0.05, 0) is 18.2 Å². The van der Waals surface area contributed by atoms with Gasteiger partial charge in [-0.3, -0.25) is 4.18 Å². The number of rotatable bonds is 5. The molecule has 0 aliphatic heterocycles. The first kappa shape index (κ1) is 16.3. The van der Waals surface area contributed by atoms with Gasteiger partial charge in [0, 0.05) is 17.1 Å². The lowest BCUT2D eigenvalue weighted by atomic mass is 10.1. The van der Waals surface area contributed by atoms with E-state index in [4.69, 9.17) is 26.7 Å². The van der Waals surface area contributed by atoms with Crippen molar-refractivity contribution in [3.8, 4) is 0 Å². The van der Waals surface area contributed by atoms with E-state index in [0.717, 1.165) is 12.3 Å². The van der Waals surface area contributed by atoms with E-state index in [1.165, 1.54) is 12.1 Å². The SMILES string of the molecule is CS(=O)(=O)OC(CN)c1cc(S(N)(=O)=O)ccc1Cl. The molecule has 0 heterocycles. The van der Waals surface area contributed by atoms with Crippen molar-refractivity contribution in [2.75, 3.05) is 12.8 Å². The summed E-state index contributed by atoms with van der Waals surface area (Å²) in [5.74, 6) is 0. The highest BCUT2D eigenvalue weighted by Crippen LogP contribution is 2.28. The molecule has 0 aliphatic carbocycles. The van der Waals surface area contributed by atoms with Crippen LogP contribution in [0.4, 0.5) is 0 Å². The van der Waals surface area contributed by atoms with Gasteiger partial charge in [0.25, 0.3) is 10.1 Å². The zero-order valence-corrected chi connectivity index (χ0v) is 12.3. The van der Waals surface area contributed by atoms with Crippen LogP contribution >= 0.6 is 11.6 Å². The molecular formula is C9H13ClN2O5S2. The van der Waals surface area contributed by atoms with E-state index in [9.17, 15) is 16.8 Å². The van der Waals surface area contributed by atoms with Crippen LogP contribution in [0.2, 0.25) is 5.02 Å². The molecule has 1 atom stereocenters. The molecule has 1 aromatic rings. The highest BCUT2D eigenvalue weighted by Gasteiger charge is 2.21. The van der Waals surface area contributed by atoms with Gasteiger partial charge in [-0.1, -0.05) is 11.6 Å². The predicted molar refractivity (Wildman–Crippen MR) is 70.5 cm³/mol. The molecule has 0 spiro atoms. The van der Waals surface area contributed by atoms with Crippen LogP contribution in [0.5, 0.6) is 0 Å². The Morgan fingerprint density at radius 3 is 2.32 bits per heavy atom. The topological polar surface area (TPSA) is 130 Å². The summed E-state index contributed by atoms with van der Waals surface area (Å²) in [7, 11) is -7.70. The molecule has 7 nitrogen and oxygen atoms in total. The minimum atomic E-state index is -3.93. The monoisotopic (exact) mass is 328 g/mol. The molecule has 0 fully saturated rings. The first-order valence-corrected chi connectivity index (χ1v) is 8.69. The van der Waals surface area contributed by atoms with Gasteiger partial charge in [0.05, 0.1) is 11.2 Å². The maximum absolute atomic E-state index is 11.2. The van der Waals surface area contributed by atoms with Gasteiger partial charge < -0.3 is 5.73 Å². The van der Waals surface area contributed by atoms with Crippen molar-refractivity contribution in [1.82, 2.24) is 0 Å². The zero-order chi connectivity index (χ0) is 14.8. The van der Waals surface area contributed by atoms with E-state index < -0.39 is 26.2 Å². The van der Waals surface area contributed by atoms with Crippen LogP contribution < -0.4 is 10.9 Å². The Labute approximate surface area is 116 Å². The summed E-state index contributed by atoms with van der Waals surface area (Å²) < 4.78 is 49.4. The third-order valence-electron chi connectivity index (χ3n) is 2.15. The zero-order valence-electron chi connectivity index (χ0n) is 9.91. The van der Waals surface area contributed by atoms with Gasteiger partial charge in [0.1, 0.15) is 6.10 Å². The normalized spacial score (nSPS) is 14.3. The largest absolute Gasteiger partial charge is 0.328 e. The quantitative estimate of drug-likeness (QED) is 0.730. The van der Waals surface area contributed by atoms with Crippen molar-refractivity contribution < 1.29 is 21.0 Å². The lowest BCUT2D eigenvalue weighted by Gasteiger charge is -2.16. The van der Waals surface area contributed by atoms with E-state index in [0.29, 0.717) is 0 Å². The predicted octanol–water partition coefficient (Wildman–Crippen LogP) is -0.0366. The Hall–Kier alpha value is -0.710. The molecule has 0 bridgehead atoms. The number of halogens is 1. The average Bonchev–Trinajstić information content (AvgIpc) is 2.24. The maximum Gasteiger partial charge on any atom is 0.265 e. The Morgan fingerprint density at radius 1 is 1.32 bits per heavy atom. The minimum Gasteiger partial charge on any atom is -0.328 e. The van der Waals surface area contributed by atoms with E-state index in [2.05, 4.69) is 0 Å². The van der Waals surface area contributed by atoms with Crippen LogP contribution in [0.1, 0.15) is 11.7 Å². The minimum absolute atomic E-state index is 0.131. The van der Waals surface area contributed by atoms with Gasteiger partial charge in [-0.15, -0.1) is 0 Å². The van der Waals surface area contributed by atoms with Crippen LogP contribution in [0.3, 0.4) is 0 Å². The molecule has 0 radical (unpaired) electrons. The molecule has 1 aromatic carbocycles. The second-order valence-electron chi connectivity index (χ2n) is 3.75. The molecule has 0 aromatic heterocycles. The van der Waals surface area contributed by atoms with E-state index in [-0.39, 0.29) is 22.0 Å². The van der Waals surface area contributed by atoms with Gasteiger partial charge >= 0.3 is 0 Å². The molecule has 4 N–H and O–H groups in total. The molecule has 0 amide bonds. The van der Waals surface area contributed by atoms with E-state index >= 15 is 0 Å². The van der Waals surface area contributed by atoms with Crippen molar-refractivity contribution >= 4 is 31.7 Å². The van der Waals surface area contributed by atoms with Gasteiger partial charge in [-0.25, -0.2) is 13.6 Å². The number of hydrogen-bond donors (Lipinski definition) is 2. The van der Waals surface area contributed by atoms with Gasteiger partial charge in [-0.2, -0.15) is 8.42 Å². The molecule has 0 saturated carbocycles. The summed E-state index contributed by atoms with van der Waals surface area (Å²) in [6, 6.07) is 3.63. The Balaban J connectivity index is 3.31. The Morgan fingerprint density at radius 2 is 1.89 bits per heavy atom. The fourth-order valence-corrected chi connectivity index (χ4v) is 2.77. The molecule has 1 rings (SSSR count).